The largest absolute Gasteiger partial charge is 0.355 e. The van der Waals surface area contributed by atoms with Crippen molar-refractivity contribution in [3.05, 3.63) is 57.3 Å². The van der Waals surface area contributed by atoms with Gasteiger partial charge in [0.1, 0.15) is 10.3 Å². The van der Waals surface area contributed by atoms with Crippen LogP contribution in [0.1, 0.15) is 26.3 Å². The molecule has 2 amide bonds. The highest BCUT2D eigenvalue weighted by Gasteiger charge is 2.15. The van der Waals surface area contributed by atoms with Gasteiger partial charge in [-0.3, -0.25) is 9.59 Å². The molecule has 0 saturated carbocycles. The molecule has 0 fully saturated rings. The van der Waals surface area contributed by atoms with Crippen LogP contribution in [0.2, 0.25) is 10.3 Å². The zero-order chi connectivity index (χ0) is 16.3. The summed E-state index contributed by atoms with van der Waals surface area (Å²) in [6, 6.07) is 8.05. The van der Waals surface area contributed by atoms with E-state index in [1.807, 2.05) is 0 Å². The zero-order valence-electron chi connectivity index (χ0n) is 11.9. The number of pyridine rings is 1. The number of hydrogen-bond donors (Lipinski definition) is 2. The number of amides is 2. The van der Waals surface area contributed by atoms with Gasteiger partial charge in [0.25, 0.3) is 11.8 Å². The molecule has 0 saturated heterocycles. The van der Waals surface area contributed by atoms with Crippen LogP contribution in [-0.2, 0) is 0 Å². The summed E-state index contributed by atoms with van der Waals surface area (Å²) >= 11 is 11.6. The van der Waals surface area contributed by atoms with E-state index in [-0.39, 0.29) is 21.8 Å². The number of carbonyl (C=O) groups is 2. The van der Waals surface area contributed by atoms with Crippen LogP contribution < -0.4 is 10.6 Å². The smallest absolute Gasteiger partial charge is 0.258 e. The van der Waals surface area contributed by atoms with Crippen molar-refractivity contribution in [3.8, 4) is 0 Å². The molecule has 1 heterocycles. The SMILES string of the molecule is CNC(=O)c1cccc(NC(=O)c2ccc(Cl)nc2Cl)c1C. The fourth-order valence-electron chi connectivity index (χ4n) is 1.92. The number of benzene rings is 1. The van der Waals surface area contributed by atoms with Gasteiger partial charge in [0.2, 0.25) is 0 Å². The van der Waals surface area contributed by atoms with E-state index < -0.39 is 5.91 Å². The number of carbonyl (C=O) groups excluding carboxylic acids is 2. The Morgan fingerprint density at radius 2 is 1.77 bits per heavy atom. The number of halogens is 2. The van der Waals surface area contributed by atoms with Gasteiger partial charge in [-0.2, -0.15) is 0 Å². The average Bonchev–Trinajstić information content (AvgIpc) is 2.48. The molecule has 2 N–H and O–H groups in total. The lowest BCUT2D eigenvalue weighted by molar-refractivity contribution is 0.0960. The van der Waals surface area contributed by atoms with Gasteiger partial charge in [0.15, 0.2) is 0 Å². The van der Waals surface area contributed by atoms with E-state index in [1.165, 1.54) is 12.1 Å². The minimum atomic E-state index is -0.425. The number of nitrogens with zero attached hydrogens (tertiary/aromatic N) is 1. The first-order chi connectivity index (χ1) is 10.4. The Labute approximate surface area is 137 Å². The lowest BCUT2D eigenvalue weighted by Crippen LogP contribution is -2.20. The van der Waals surface area contributed by atoms with Crippen molar-refractivity contribution in [2.45, 2.75) is 6.92 Å². The van der Waals surface area contributed by atoms with Crippen LogP contribution in [0.15, 0.2) is 30.3 Å². The Morgan fingerprint density at radius 3 is 2.41 bits per heavy atom. The maximum atomic E-state index is 12.3. The van der Waals surface area contributed by atoms with Crippen LogP contribution in [0.3, 0.4) is 0 Å². The Balaban J connectivity index is 2.31. The molecule has 0 bridgehead atoms. The number of nitrogens with one attached hydrogen (secondary N) is 2. The normalized spacial score (nSPS) is 10.2. The lowest BCUT2D eigenvalue weighted by Gasteiger charge is -2.12. The quantitative estimate of drug-likeness (QED) is 0.844. The Morgan fingerprint density at radius 1 is 1.05 bits per heavy atom. The van der Waals surface area contributed by atoms with Crippen LogP contribution in [0.4, 0.5) is 5.69 Å². The predicted molar refractivity (Wildman–Crippen MR) is 86.8 cm³/mol. The highest BCUT2D eigenvalue weighted by atomic mass is 35.5. The summed E-state index contributed by atoms with van der Waals surface area (Å²) in [5.74, 6) is -0.647. The fraction of sp³-hybridized carbons (Fsp3) is 0.133. The molecule has 22 heavy (non-hydrogen) atoms. The summed E-state index contributed by atoms with van der Waals surface area (Å²) in [5.41, 5.74) is 1.88. The molecule has 0 atom stereocenters. The monoisotopic (exact) mass is 337 g/mol. The summed E-state index contributed by atoms with van der Waals surface area (Å²) in [7, 11) is 1.55. The van der Waals surface area contributed by atoms with Crippen LogP contribution >= 0.6 is 23.2 Å². The summed E-state index contributed by atoms with van der Waals surface area (Å²) in [4.78, 5) is 27.9. The Bertz CT molecular complexity index is 748. The van der Waals surface area contributed by atoms with Crippen LogP contribution in [0.25, 0.3) is 0 Å². The zero-order valence-corrected chi connectivity index (χ0v) is 13.4. The summed E-state index contributed by atoms with van der Waals surface area (Å²) < 4.78 is 0. The van der Waals surface area contributed by atoms with Crippen molar-refractivity contribution < 1.29 is 9.59 Å². The van der Waals surface area contributed by atoms with Gasteiger partial charge in [-0.05, 0) is 36.8 Å². The molecule has 1 aromatic heterocycles. The van der Waals surface area contributed by atoms with Crippen LogP contribution in [0, 0.1) is 6.92 Å². The maximum Gasteiger partial charge on any atom is 0.258 e. The predicted octanol–water partition coefficient (Wildman–Crippen LogP) is 3.31. The second-order valence-corrected chi connectivity index (χ2v) is 5.23. The first-order valence-electron chi connectivity index (χ1n) is 6.39. The van der Waals surface area contributed by atoms with Crippen molar-refractivity contribution in [1.29, 1.82) is 0 Å². The van der Waals surface area contributed by atoms with E-state index in [0.717, 1.165) is 0 Å². The van der Waals surface area contributed by atoms with Crippen LogP contribution in [0.5, 0.6) is 0 Å². The molecule has 0 radical (unpaired) electrons. The van der Waals surface area contributed by atoms with E-state index >= 15 is 0 Å². The minimum absolute atomic E-state index is 0.0186. The standard InChI is InChI=1S/C15H13Cl2N3O2/c1-8-9(14(21)18-2)4-3-5-11(8)19-15(22)10-6-7-12(16)20-13(10)17/h3-7H,1-2H3,(H,18,21)(H,19,22). The molecule has 0 aliphatic rings. The molecule has 0 aliphatic carbocycles. The van der Waals surface area contributed by atoms with E-state index in [4.69, 9.17) is 23.2 Å². The topological polar surface area (TPSA) is 71.1 Å². The van der Waals surface area contributed by atoms with Gasteiger partial charge in [-0.15, -0.1) is 0 Å². The first-order valence-corrected chi connectivity index (χ1v) is 7.14. The van der Waals surface area contributed by atoms with E-state index in [0.29, 0.717) is 16.8 Å². The van der Waals surface area contributed by atoms with Gasteiger partial charge in [-0.25, -0.2) is 4.98 Å². The molecule has 2 aromatic rings. The number of rotatable bonds is 3. The van der Waals surface area contributed by atoms with Crippen molar-refractivity contribution in [2.75, 3.05) is 12.4 Å². The van der Waals surface area contributed by atoms with Crippen molar-refractivity contribution in [3.63, 3.8) is 0 Å². The molecule has 114 valence electrons. The molecular formula is C15H13Cl2N3O2. The Kier molecular flexibility index (Phi) is 5.00. The van der Waals surface area contributed by atoms with Gasteiger partial charge in [0, 0.05) is 18.3 Å². The lowest BCUT2D eigenvalue weighted by atomic mass is 10.1. The Hall–Kier alpha value is -2.11. The number of aromatic nitrogens is 1. The van der Waals surface area contributed by atoms with Gasteiger partial charge >= 0.3 is 0 Å². The second kappa shape index (κ2) is 6.77. The van der Waals surface area contributed by atoms with Crippen molar-refractivity contribution in [2.24, 2.45) is 0 Å². The third-order valence-electron chi connectivity index (χ3n) is 3.11. The maximum absolute atomic E-state index is 12.3. The van der Waals surface area contributed by atoms with E-state index in [1.54, 1.807) is 32.2 Å². The fourth-order valence-corrected chi connectivity index (χ4v) is 2.35. The van der Waals surface area contributed by atoms with Gasteiger partial charge < -0.3 is 10.6 Å². The second-order valence-electron chi connectivity index (χ2n) is 4.48. The summed E-state index contributed by atoms with van der Waals surface area (Å²) in [6.45, 7) is 1.75. The molecule has 1 aromatic carbocycles. The van der Waals surface area contributed by atoms with E-state index in [2.05, 4.69) is 15.6 Å². The van der Waals surface area contributed by atoms with E-state index in [9.17, 15) is 9.59 Å². The van der Waals surface area contributed by atoms with Gasteiger partial charge in [-0.1, -0.05) is 29.3 Å². The molecule has 0 aliphatic heterocycles. The third kappa shape index (κ3) is 3.37. The van der Waals surface area contributed by atoms with Gasteiger partial charge in [0.05, 0.1) is 5.56 Å². The molecule has 0 unspecified atom stereocenters. The summed E-state index contributed by atoms with van der Waals surface area (Å²) in [6.07, 6.45) is 0. The van der Waals surface area contributed by atoms with Crippen molar-refractivity contribution >= 4 is 40.7 Å². The molecule has 2 rings (SSSR count). The third-order valence-corrected chi connectivity index (χ3v) is 3.61. The van der Waals surface area contributed by atoms with Crippen molar-refractivity contribution in [1.82, 2.24) is 10.3 Å². The van der Waals surface area contributed by atoms with Crippen LogP contribution in [-0.4, -0.2) is 23.8 Å². The first kappa shape index (κ1) is 16.3. The highest BCUT2D eigenvalue weighted by molar-refractivity contribution is 6.35. The average molecular weight is 338 g/mol. The molecule has 5 nitrogen and oxygen atoms in total. The molecule has 0 spiro atoms. The highest BCUT2D eigenvalue weighted by Crippen LogP contribution is 2.22. The molecule has 7 heteroatoms. The number of anilines is 1. The molecular weight excluding hydrogens is 325 g/mol. The minimum Gasteiger partial charge on any atom is -0.355 e. The summed E-state index contributed by atoms with van der Waals surface area (Å²) in [5, 5.41) is 5.50. The number of hydrogen-bond acceptors (Lipinski definition) is 3.